The normalized spacial score (nSPS) is 11.7. The summed E-state index contributed by atoms with van der Waals surface area (Å²) < 4.78 is 38.7. The van der Waals surface area contributed by atoms with Crippen molar-refractivity contribution in [2.24, 2.45) is 0 Å². The molecular weight excluding hydrogens is 305 g/mol. The van der Waals surface area contributed by atoms with Crippen LogP contribution in [-0.2, 0) is 12.8 Å². The van der Waals surface area contributed by atoms with E-state index in [1.807, 2.05) is 0 Å². The molecule has 0 spiro atoms. The van der Waals surface area contributed by atoms with Crippen LogP contribution in [0.3, 0.4) is 0 Å². The number of aliphatic hydroxyl groups is 1. The molecule has 0 amide bonds. The Kier molecular flexibility index (Phi) is 4.38. The van der Waals surface area contributed by atoms with Crippen LogP contribution in [0, 0.1) is 6.92 Å². The number of aromatic nitrogens is 2. The van der Waals surface area contributed by atoms with Crippen molar-refractivity contribution in [2.75, 3.05) is 0 Å². The van der Waals surface area contributed by atoms with Crippen LogP contribution in [0.1, 0.15) is 16.8 Å². The molecule has 2 rings (SSSR count). The molecule has 0 aliphatic rings. The van der Waals surface area contributed by atoms with Gasteiger partial charge in [0.2, 0.25) is 0 Å². The molecule has 0 saturated heterocycles. The number of hydrogen-bond acceptors (Lipinski definition) is 4. The number of H-pyrrole nitrogens is 1. The number of halogens is 3. The third kappa shape index (κ3) is 3.85. The summed E-state index contributed by atoms with van der Waals surface area (Å²) in [4.78, 5) is 18.1. The molecule has 0 atom stereocenters. The quantitative estimate of drug-likeness (QED) is 0.855. The average molecular weight is 316 g/mol. The third-order valence-electron chi connectivity index (χ3n) is 2.62. The van der Waals surface area contributed by atoms with Gasteiger partial charge < -0.3 is 10.1 Å². The van der Waals surface area contributed by atoms with Crippen LogP contribution in [0.25, 0.3) is 0 Å². The summed E-state index contributed by atoms with van der Waals surface area (Å²) in [6, 6.07) is 4.87. The van der Waals surface area contributed by atoms with Crippen molar-refractivity contribution in [1.82, 2.24) is 9.97 Å². The fourth-order valence-electron chi connectivity index (χ4n) is 1.73. The van der Waals surface area contributed by atoms with Gasteiger partial charge in [0, 0.05) is 16.7 Å². The Morgan fingerprint density at radius 2 is 2.05 bits per heavy atom. The van der Waals surface area contributed by atoms with E-state index >= 15 is 0 Å². The van der Waals surface area contributed by atoms with Crippen molar-refractivity contribution >= 4 is 11.8 Å². The highest BCUT2D eigenvalue weighted by Gasteiger charge is 2.33. The molecule has 2 N–H and O–H groups in total. The zero-order valence-corrected chi connectivity index (χ0v) is 11.7. The van der Waals surface area contributed by atoms with E-state index in [-0.39, 0.29) is 21.2 Å². The Labute approximate surface area is 122 Å². The van der Waals surface area contributed by atoms with Crippen molar-refractivity contribution in [2.45, 2.75) is 29.8 Å². The minimum absolute atomic E-state index is 0.197. The van der Waals surface area contributed by atoms with Gasteiger partial charge in [0.1, 0.15) is 0 Å². The van der Waals surface area contributed by atoms with Crippen molar-refractivity contribution < 1.29 is 18.3 Å². The van der Waals surface area contributed by atoms with Crippen LogP contribution < -0.4 is 5.56 Å². The maximum Gasteiger partial charge on any atom is 0.416 e. The first-order valence-corrected chi connectivity index (χ1v) is 6.68. The van der Waals surface area contributed by atoms with E-state index in [4.69, 9.17) is 5.11 Å². The van der Waals surface area contributed by atoms with E-state index in [0.717, 1.165) is 17.8 Å². The lowest BCUT2D eigenvalue weighted by atomic mass is 10.1. The molecule has 112 valence electrons. The Balaban J connectivity index is 2.39. The van der Waals surface area contributed by atoms with Crippen molar-refractivity contribution in [1.29, 1.82) is 0 Å². The lowest BCUT2D eigenvalue weighted by Gasteiger charge is -2.12. The van der Waals surface area contributed by atoms with Gasteiger partial charge in [-0.3, -0.25) is 4.79 Å². The Bertz CT molecular complexity index is 713. The summed E-state index contributed by atoms with van der Waals surface area (Å²) in [7, 11) is 0. The number of aliphatic hydroxyl groups excluding tert-OH is 1. The van der Waals surface area contributed by atoms with E-state index in [2.05, 4.69) is 9.97 Å². The number of aromatic amines is 1. The summed E-state index contributed by atoms with van der Waals surface area (Å²) in [5, 5.41) is 9.18. The molecule has 0 saturated carbocycles. The predicted octanol–water partition coefficient (Wildman–Crippen LogP) is 2.74. The number of nitrogens with zero attached hydrogens (tertiary/aromatic N) is 1. The molecule has 0 unspecified atom stereocenters. The summed E-state index contributed by atoms with van der Waals surface area (Å²) in [5.41, 5.74) is -0.986. The van der Waals surface area contributed by atoms with Crippen LogP contribution >= 0.6 is 11.8 Å². The summed E-state index contributed by atoms with van der Waals surface area (Å²) in [6.45, 7) is 0.925. The molecule has 0 aliphatic heterocycles. The highest BCUT2D eigenvalue weighted by atomic mass is 32.2. The first-order valence-electron chi connectivity index (χ1n) is 5.86. The SMILES string of the molecule is Cc1cc(=O)[nH]c(Sc2ccc(CO)c(C(F)(F)F)c2)n1. The topological polar surface area (TPSA) is 66.0 Å². The molecular formula is C13H11F3N2O2S. The molecule has 1 heterocycles. The van der Waals surface area contributed by atoms with Crippen molar-refractivity contribution in [3.63, 3.8) is 0 Å². The van der Waals surface area contributed by atoms with Crippen molar-refractivity contribution in [3.05, 3.63) is 51.4 Å². The summed E-state index contributed by atoms with van der Waals surface area (Å²) in [6.07, 6.45) is -4.55. The first-order chi connectivity index (χ1) is 9.79. The number of rotatable bonds is 3. The van der Waals surface area contributed by atoms with E-state index in [0.29, 0.717) is 5.69 Å². The molecule has 0 radical (unpaired) electrons. The smallest absolute Gasteiger partial charge is 0.392 e. The standard InChI is InChI=1S/C13H11F3N2O2S/c1-7-4-11(20)18-12(17-7)21-9-3-2-8(6-19)10(5-9)13(14,15)16/h2-5,19H,6H2,1H3,(H,17,18,20). The Hall–Kier alpha value is -1.80. The fourth-order valence-corrected chi connectivity index (χ4v) is 2.61. The van der Waals surface area contributed by atoms with Gasteiger partial charge in [-0.05, 0) is 24.6 Å². The highest BCUT2D eigenvalue weighted by Crippen LogP contribution is 2.35. The maximum atomic E-state index is 12.9. The summed E-state index contributed by atoms with van der Waals surface area (Å²) >= 11 is 0.917. The van der Waals surface area contributed by atoms with E-state index in [1.165, 1.54) is 18.2 Å². The van der Waals surface area contributed by atoms with Crippen LogP contribution in [-0.4, -0.2) is 15.1 Å². The molecule has 21 heavy (non-hydrogen) atoms. The minimum Gasteiger partial charge on any atom is -0.392 e. The number of hydrogen-bond donors (Lipinski definition) is 2. The van der Waals surface area contributed by atoms with Crippen LogP contribution in [0.2, 0.25) is 0 Å². The van der Waals surface area contributed by atoms with Gasteiger partial charge in [-0.2, -0.15) is 13.2 Å². The molecule has 0 bridgehead atoms. The molecule has 1 aromatic heterocycles. The second-order valence-corrected chi connectivity index (χ2v) is 5.33. The van der Waals surface area contributed by atoms with Gasteiger partial charge in [0.05, 0.1) is 12.2 Å². The Morgan fingerprint density at radius 1 is 1.33 bits per heavy atom. The van der Waals surface area contributed by atoms with E-state index in [9.17, 15) is 18.0 Å². The van der Waals surface area contributed by atoms with Gasteiger partial charge >= 0.3 is 6.18 Å². The predicted molar refractivity (Wildman–Crippen MR) is 71.1 cm³/mol. The number of aryl methyl sites for hydroxylation is 1. The largest absolute Gasteiger partial charge is 0.416 e. The Morgan fingerprint density at radius 3 is 2.62 bits per heavy atom. The number of alkyl halides is 3. The van der Waals surface area contributed by atoms with Gasteiger partial charge in [-0.25, -0.2) is 4.98 Å². The highest BCUT2D eigenvalue weighted by molar-refractivity contribution is 7.99. The van der Waals surface area contributed by atoms with Gasteiger partial charge in [-0.1, -0.05) is 17.8 Å². The molecule has 4 nitrogen and oxygen atoms in total. The van der Waals surface area contributed by atoms with Gasteiger partial charge in [-0.15, -0.1) is 0 Å². The second kappa shape index (κ2) is 5.90. The molecule has 2 aromatic rings. The van der Waals surface area contributed by atoms with Crippen LogP contribution in [0.5, 0.6) is 0 Å². The second-order valence-electron chi connectivity index (χ2n) is 4.27. The zero-order chi connectivity index (χ0) is 15.6. The molecule has 1 aromatic carbocycles. The molecule has 8 heteroatoms. The zero-order valence-electron chi connectivity index (χ0n) is 10.9. The fraction of sp³-hybridized carbons (Fsp3) is 0.231. The average Bonchev–Trinajstić information content (AvgIpc) is 2.36. The maximum absolute atomic E-state index is 12.9. The van der Waals surface area contributed by atoms with Gasteiger partial charge in [0.15, 0.2) is 5.16 Å². The summed E-state index contributed by atoms with van der Waals surface area (Å²) in [5.74, 6) is 0. The third-order valence-corrected chi connectivity index (χ3v) is 3.50. The lowest BCUT2D eigenvalue weighted by molar-refractivity contribution is -0.138. The number of benzene rings is 1. The molecule has 0 fully saturated rings. The first kappa shape index (κ1) is 15.6. The molecule has 0 aliphatic carbocycles. The van der Waals surface area contributed by atoms with Crippen molar-refractivity contribution in [3.8, 4) is 0 Å². The lowest BCUT2D eigenvalue weighted by Crippen LogP contribution is -2.10. The monoisotopic (exact) mass is 316 g/mol. The number of nitrogens with one attached hydrogen (secondary N) is 1. The van der Waals surface area contributed by atoms with E-state index < -0.39 is 18.3 Å². The van der Waals surface area contributed by atoms with Crippen LogP contribution in [0.4, 0.5) is 13.2 Å². The minimum atomic E-state index is -4.55. The van der Waals surface area contributed by atoms with Gasteiger partial charge in [0.25, 0.3) is 5.56 Å². The van der Waals surface area contributed by atoms with Crippen LogP contribution in [0.15, 0.2) is 39.1 Å². The van der Waals surface area contributed by atoms with E-state index in [1.54, 1.807) is 6.92 Å².